The third-order valence-electron chi connectivity index (χ3n) is 7.58. The lowest BCUT2D eigenvalue weighted by atomic mass is 9.80. The first-order chi connectivity index (χ1) is 16.7. The van der Waals surface area contributed by atoms with Gasteiger partial charge in [-0.15, -0.1) is 0 Å². The second kappa shape index (κ2) is 10.5. The summed E-state index contributed by atoms with van der Waals surface area (Å²) >= 11 is 0. The number of rotatable bonds is 6. The number of nitrogens with zero attached hydrogens (tertiary/aromatic N) is 2. The highest BCUT2D eigenvalue weighted by Gasteiger charge is 2.38. The molecule has 1 saturated heterocycles. The van der Waals surface area contributed by atoms with E-state index in [-0.39, 0.29) is 28.8 Å². The molecular weight excluding hydrogens is 434 g/mol. The topological polar surface area (TPSA) is 52.7 Å². The Hall–Kier alpha value is -2.66. The molecule has 0 spiro atoms. The minimum atomic E-state index is -0.296. The van der Waals surface area contributed by atoms with Crippen molar-refractivity contribution in [2.24, 2.45) is 5.41 Å². The van der Waals surface area contributed by atoms with Crippen molar-refractivity contribution < 1.29 is 9.59 Å². The Kier molecular flexibility index (Phi) is 7.65. The Labute approximate surface area is 210 Å². The second-order valence-corrected chi connectivity index (χ2v) is 11.5. The van der Waals surface area contributed by atoms with E-state index < -0.39 is 0 Å². The molecule has 2 aromatic carbocycles. The van der Waals surface area contributed by atoms with E-state index in [1.165, 1.54) is 16.7 Å². The van der Waals surface area contributed by atoms with E-state index in [4.69, 9.17) is 0 Å². The Morgan fingerprint density at radius 2 is 1.63 bits per heavy atom. The van der Waals surface area contributed by atoms with Gasteiger partial charge in [0.2, 0.25) is 11.8 Å². The lowest BCUT2D eigenvalue weighted by Crippen LogP contribution is -2.53. The number of piperidine rings is 1. The summed E-state index contributed by atoms with van der Waals surface area (Å²) in [7, 11) is 0. The van der Waals surface area contributed by atoms with Gasteiger partial charge < -0.3 is 15.1 Å². The fourth-order valence-electron chi connectivity index (χ4n) is 5.86. The summed E-state index contributed by atoms with van der Waals surface area (Å²) in [5.41, 5.74) is 3.57. The van der Waals surface area contributed by atoms with Gasteiger partial charge in [-0.2, -0.15) is 0 Å². The third kappa shape index (κ3) is 6.13. The van der Waals surface area contributed by atoms with Gasteiger partial charge in [-0.25, -0.2) is 0 Å². The first kappa shape index (κ1) is 25.4. The summed E-state index contributed by atoms with van der Waals surface area (Å²) in [6.07, 6.45) is 4.23. The van der Waals surface area contributed by atoms with Gasteiger partial charge in [-0.05, 0) is 47.8 Å². The zero-order valence-electron chi connectivity index (χ0n) is 21.8. The lowest BCUT2D eigenvalue weighted by Gasteiger charge is -2.44. The predicted molar refractivity (Wildman–Crippen MR) is 141 cm³/mol. The molecule has 1 atom stereocenters. The van der Waals surface area contributed by atoms with Crippen molar-refractivity contribution in [3.63, 3.8) is 0 Å². The number of carbonyl (C=O) groups is 2. The van der Waals surface area contributed by atoms with Crippen molar-refractivity contribution >= 4 is 11.8 Å². The van der Waals surface area contributed by atoms with Gasteiger partial charge in [-0.3, -0.25) is 9.59 Å². The van der Waals surface area contributed by atoms with E-state index in [0.29, 0.717) is 6.42 Å². The summed E-state index contributed by atoms with van der Waals surface area (Å²) in [5.74, 6) is 0.290. The standard InChI is InChI=1S/C30H41N3O2/c1-23(34)31-30(25-11-6-5-7-12-25)16-20-32(21-17-30)18-15-27-26-13-9-8-10-24(26)14-19-33(27)28(35)22-29(2,3)4/h5-13,27H,14-22H2,1-4H3,(H,31,34). The maximum Gasteiger partial charge on any atom is 0.223 e. The molecule has 1 N–H and O–H groups in total. The van der Waals surface area contributed by atoms with Gasteiger partial charge in [-0.1, -0.05) is 75.4 Å². The highest BCUT2D eigenvalue weighted by molar-refractivity contribution is 5.78. The van der Waals surface area contributed by atoms with E-state index in [9.17, 15) is 9.59 Å². The Balaban J connectivity index is 1.45. The molecule has 35 heavy (non-hydrogen) atoms. The molecule has 188 valence electrons. The minimum absolute atomic E-state index is 0.0179. The molecule has 5 nitrogen and oxygen atoms in total. The average molecular weight is 476 g/mol. The van der Waals surface area contributed by atoms with Crippen molar-refractivity contribution in [2.45, 2.75) is 71.4 Å². The largest absolute Gasteiger partial charge is 0.347 e. The number of amides is 2. The predicted octanol–water partition coefficient (Wildman–Crippen LogP) is 5.07. The molecule has 2 heterocycles. The van der Waals surface area contributed by atoms with E-state index in [1.807, 2.05) is 6.07 Å². The van der Waals surface area contributed by atoms with Crippen LogP contribution in [0.25, 0.3) is 0 Å². The fraction of sp³-hybridized carbons (Fsp3) is 0.533. The number of benzene rings is 2. The van der Waals surface area contributed by atoms with Crippen LogP contribution < -0.4 is 5.32 Å². The van der Waals surface area contributed by atoms with Gasteiger partial charge >= 0.3 is 0 Å². The Morgan fingerprint density at radius 1 is 0.971 bits per heavy atom. The van der Waals surface area contributed by atoms with Crippen LogP contribution in [-0.2, 0) is 21.5 Å². The molecule has 1 fully saturated rings. The molecule has 0 aliphatic carbocycles. The molecule has 0 bridgehead atoms. The highest BCUT2D eigenvalue weighted by atomic mass is 16.2. The lowest BCUT2D eigenvalue weighted by molar-refractivity contribution is -0.136. The molecule has 1 unspecified atom stereocenters. The SMILES string of the molecule is CC(=O)NC1(c2ccccc2)CCN(CCC2c3ccccc3CCN2C(=O)CC(C)(C)C)CC1. The number of hydrogen-bond donors (Lipinski definition) is 1. The van der Waals surface area contributed by atoms with Crippen LogP contribution in [0.2, 0.25) is 0 Å². The molecule has 2 aliphatic heterocycles. The highest BCUT2D eigenvalue weighted by Crippen LogP contribution is 2.36. The average Bonchev–Trinajstić information content (AvgIpc) is 2.82. The van der Waals surface area contributed by atoms with E-state index in [1.54, 1.807) is 6.92 Å². The summed E-state index contributed by atoms with van der Waals surface area (Å²) in [4.78, 5) is 30.0. The van der Waals surface area contributed by atoms with Crippen LogP contribution in [0, 0.1) is 5.41 Å². The summed E-state index contributed by atoms with van der Waals surface area (Å²) in [6, 6.07) is 19.2. The molecule has 0 radical (unpaired) electrons. The van der Waals surface area contributed by atoms with Gasteiger partial charge in [0.25, 0.3) is 0 Å². The first-order valence-electron chi connectivity index (χ1n) is 13.1. The maximum atomic E-state index is 13.3. The van der Waals surface area contributed by atoms with Gasteiger partial charge in [0.1, 0.15) is 0 Å². The van der Waals surface area contributed by atoms with Crippen LogP contribution >= 0.6 is 0 Å². The van der Waals surface area contributed by atoms with Crippen LogP contribution in [-0.4, -0.2) is 47.8 Å². The van der Waals surface area contributed by atoms with Gasteiger partial charge in [0, 0.05) is 39.5 Å². The number of likely N-dealkylation sites (tertiary alicyclic amines) is 1. The van der Waals surface area contributed by atoms with E-state index >= 15 is 0 Å². The summed E-state index contributed by atoms with van der Waals surface area (Å²) in [5, 5.41) is 3.28. The molecule has 5 heteroatoms. The third-order valence-corrected chi connectivity index (χ3v) is 7.58. The van der Waals surface area contributed by atoms with Crippen molar-refractivity contribution in [2.75, 3.05) is 26.2 Å². The van der Waals surface area contributed by atoms with Gasteiger partial charge in [0.05, 0.1) is 11.6 Å². The zero-order valence-corrected chi connectivity index (χ0v) is 21.8. The zero-order chi connectivity index (χ0) is 25.1. The van der Waals surface area contributed by atoms with Crippen LogP contribution in [0.4, 0.5) is 0 Å². The number of carbonyl (C=O) groups excluding carboxylic acids is 2. The quantitative estimate of drug-likeness (QED) is 0.635. The minimum Gasteiger partial charge on any atom is -0.347 e. The van der Waals surface area contributed by atoms with Crippen molar-refractivity contribution in [3.8, 4) is 0 Å². The smallest absolute Gasteiger partial charge is 0.223 e. The molecular formula is C30H41N3O2. The van der Waals surface area contributed by atoms with Crippen LogP contribution in [0.5, 0.6) is 0 Å². The number of fused-ring (bicyclic) bond motifs is 1. The molecule has 0 saturated carbocycles. The molecule has 2 amide bonds. The number of hydrogen-bond acceptors (Lipinski definition) is 3. The summed E-state index contributed by atoms with van der Waals surface area (Å²) < 4.78 is 0. The Bertz CT molecular complexity index is 1020. The van der Waals surface area contributed by atoms with E-state index in [0.717, 1.165) is 51.9 Å². The number of nitrogens with one attached hydrogen (secondary N) is 1. The normalized spacial score (nSPS) is 20.2. The molecule has 0 aromatic heterocycles. The van der Waals surface area contributed by atoms with Crippen LogP contribution in [0.1, 0.15) is 76.1 Å². The fourth-order valence-corrected chi connectivity index (χ4v) is 5.86. The van der Waals surface area contributed by atoms with Crippen molar-refractivity contribution in [3.05, 3.63) is 71.3 Å². The molecule has 2 aliphatic rings. The Morgan fingerprint density at radius 3 is 2.29 bits per heavy atom. The summed E-state index contributed by atoms with van der Waals surface area (Å²) in [6.45, 7) is 11.6. The van der Waals surface area contributed by atoms with Crippen LogP contribution in [0.3, 0.4) is 0 Å². The van der Waals surface area contributed by atoms with E-state index in [2.05, 4.69) is 84.4 Å². The second-order valence-electron chi connectivity index (χ2n) is 11.5. The molecule has 4 rings (SSSR count). The first-order valence-corrected chi connectivity index (χ1v) is 13.1. The maximum absolute atomic E-state index is 13.3. The monoisotopic (exact) mass is 475 g/mol. The van der Waals surface area contributed by atoms with Crippen molar-refractivity contribution in [1.82, 2.24) is 15.1 Å². The van der Waals surface area contributed by atoms with Crippen LogP contribution in [0.15, 0.2) is 54.6 Å². The molecule has 2 aromatic rings. The van der Waals surface area contributed by atoms with Crippen molar-refractivity contribution in [1.29, 1.82) is 0 Å². The van der Waals surface area contributed by atoms with Gasteiger partial charge in [0.15, 0.2) is 0 Å².